The van der Waals surface area contributed by atoms with E-state index in [0.717, 1.165) is 5.69 Å². The lowest BCUT2D eigenvalue weighted by Crippen LogP contribution is -2.39. The number of guanidine groups is 1. The number of amides is 1. The second-order valence-corrected chi connectivity index (χ2v) is 7.20. The number of aliphatic hydroxyl groups excluding tert-OH is 1. The highest BCUT2D eigenvalue weighted by Gasteiger charge is 2.10. The van der Waals surface area contributed by atoms with Crippen LogP contribution >= 0.6 is 47.2 Å². The average molecular weight is 566 g/mol. The van der Waals surface area contributed by atoms with Gasteiger partial charge in [0.15, 0.2) is 5.96 Å². The largest absolute Gasteiger partial charge is 0.386 e. The molecule has 0 aliphatic heterocycles. The van der Waals surface area contributed by atoms with Crippen LogP contribution in [-0.2, 0) is 4.79 Å². The van der Waals surface area contributed by atoms with Crippen LogP contribution in [0.25, 0.3) is 0 Å². The molecule has 1 amide bonds. The first kappa shape index (κ1) is 26.4. The van der Waals surface area contributed by atoms with E-state index in [1.54, 1.807) is 24.3 Å². The smallest absolute Gasteiger partial charge is 0.227 e. The first-order valence-corrected chi connectivity index (χ1v) is 10.0. The summed E-state index contributed by atoms with van der Waals surface area (Å²) in [6, 6.07) is 10.3. The minimum absolute atomic E-state index is 0. The van der Waals surface area contributed by atoms with Crippen molar-refractivity contribution in [2.24, 2.45) is 4.99 Å². The molecule has 0 bridgehead atoms. The fraction of sp³-hybridized carbons (Fsp3) is 0.350. The van der Waals surface area contributed by atoms with Crippen molar-refractivity contribution >= 4 is 64.9 Å². The van der Waals surface area contributed by atoms with Crippen LogP contribution in [0, 0.1) is 6.92 Å². The lowest BCUT2D eigenvalue weighted by Gasteiger charge is -2.14. The maximum absolute atomic E-state index is 12.1. The van der Waals surface area contributed by atoms with E-state index in [1.165, 1.54) is 0 Å². The number of pyridine rings is 1. The third-order valence-corrected chi connectivity index (χ3v) is 4.27. The molecule has 1 aromatic carbocycles. The summed E-state index contributed by atoms with van der Waals surface area (Å²) in [6.07, 6.45) is -0.607. The highest BCUT2D eigenvalue weighted by molar-refractivity contribution is 14.0. The van der Waals surface area contributed by atoms with Gasteiger partial charge in [0.25, 0.3) is 0 Å². The number of carbonyl (C=O) groups is 1. The first-order chi connectivity index (χ1) is 13.9. The minimum Gasteiger partial charge on any atom is -0.386 e. The molecule has 0 saturated heterocycles. The third kappa shape index (κ3) is 9.46. The zero-order valence-corrected chi connectivity index (χ0v) is 20.6. The van der Waals surface area contributed by atoms with E-state index < -0.39 is 6.10 Å². The van der Waals surface area contributed by atoms with E-state index in [2.05, 4.69) is 25.9 Å². The summed E-state index contributed by atoms with van der Waals surface area (Å²) < 4.78 is 0. The van der Waals surface area contributed by atoms with Crippen molar-refractivity contribution in [3.63, 3.8) is 0 Å². The molecule has 1 unspecified atom stereocenters. The van der Waals surface area contributed by atoms with Crippen LogP contribution in [0.2, 0.25) is 10.0 Å². The summed E-state index contributed by atoms with van der Waals surface area (Å²) in [6.45, 7) is 4.93. The Morgan fingerprint density at radius 1 is 1.20 bits per heavy atom. The molecule has 1 heterocycles. The summed E-state index contributed by atoms with van der Waals surface area (Å²) in [5.41, 5.74) is 1.43. The molecule has 4 N–H and O–H groups in total. The van der Waals surface area contributed by atoms with Gasteiger partial charge in [0.2, 0.25) is 5.91 Å². The number of aliphatic hydroxyl groups is 1. The van der Waals surface area contributed by atoms with Gasteiger partial charge in [-0.2, -0.15) is 0 Å². The van der Waals surface area contributed by atoms with E-state index in [9.17, 15) is 9.90 Å². The van der Waals surface area contributed by atoms with Crippen molar-refractivity contribution < 1.29 is 9.90 Å². The number of halogens is 3. The zero-order valence-electron chi connectivity index (χ0n) is 16.8. The van der Waals surface area contributed by atoms with Crippen molar-refractivity contribution in [3.05, 3.63) is 57.7 Å². The second-order valence-electron chi connectivity index (χ2n) is 6.33. The van der Waals surface area contributed by atoms with Gasteiger partial charge in [-0.15, -0.1) is 24.0 Å². The Kier molecular flexibility index (Phi) is 12.0. The predicted molar refractivity (Wildman–Crippen MR) is 133 cm³/mol. The Hall–Kier alpha value is -1.62. The molecule has 1 aromatic heterocycles. The topological polar surface area (TPSA) is 98.6 Å². The molecule has 0 spiro atoms. The van der Waals surface area contributed by atoms with Gasteiger partial charge in [-0.05, 0) is 49.7 Å². The fourth-order valence-corrected chi connectivity index (χ4v) is 3.05. The number of hydrogen-bond acceptors (Lipinski definition) is 4. The van der Waals surface area contributed by atoms with Crippen molar-refractivity contribution in [3.8, 4) is 0 Å². The summed E-state index contributed by atoms with van der Waals surface area (Å²) in [7, 11) is 0. The van der Waals surface area contributed by atoms with Crippen molar-refractivity contribution in [1.82, 2.24) is 15.6 Å². The molecule has 0 fully saturated rings. The molecular weight excluding hydrogens is 540 g/mol. The van der Waals surface area contributed by atoms with Gasteiger partial charge >= 0.3 is 0 Å². The molecule has 164 valence electrons. The Balaban J connectivity index is 0.00000450. The van der Waals surface area contributed by atoms with Crippen molar-refractivity contribution in [2.45, 2.75) is 26.4 Å². The molecular formula is C20H26Cl2IN5O2. The molecule has 0 aliphatic carbocycles. The summed E-state index contributed by atoms with van der Waals surface area (Å²) in [5.74, 6) is 0.875. The summed E-state index contributed by atoms with van der Waals surface area (Å²) >= 11 is 11.9. The maximum atomic E-state index is 12.1. The Labute approximate surface area is 203 Å². The lowest BCUT2D eigenvalue weighted by atomic mass is 10.1. The zero-order chi connectivity index (χ0) is 21.2. The standard InChI is InChI=1S/C20H25Cl2N5O2.HI/c1-3-23-20(25-12-17(28)14-9-15(21)11-16(22)10-14)24-8-7-19(29)27-18-6-4-5-13(2)26-18;/h4-6,9-11,17,28H,3,7-8,12H2,1-2H3,(H2,23,24,25)(H,26,27,29);1H. The van der Waals surface area contributed by atoms with Gasteiger partial charge in [-0.3, -0.25) is 9.79 Å². The Morgan fingerprint density at radius 2 is 1.90 bits per heavy atom. The monoisotopic (exact) mass is 565 g/mol. The van der Waals surface area contributed by atoms with Crippen LogP contribution < -0.4 is 16.0 Å². The van der Waals surface area contributed by atoms with Gasteiger partial charge < -0.3 is 21.1 Å². The van der Waals surface area contributed by atoms with E-state index >= 15 is 0 Å². The second kappa shape index (κ2) is 13.6. The van der Waals surface area contributed by atoms with Gasteiger partial charge in [0, 0.05) is 35.2 Å². The molecule has 30 heavy (non-hydrogen) atoms. The molecule has 0 saturated carbocycles. The van der Waals surface area contributed by atoms with Crippen LogP contribution in [0.1, 0.15) is 30.7 Å². The van der Waals surface area contributed by atoms with Crippen LogP contribution in [0.5, 0.6) is 0 Å². The number of rotatable bonds is 8. The van der Waals surface area contributed by atoms with Gasteiger partial charge in [-0.1, -0.05) is 29.3 Å². The quantitative estimate of drug-likeness (QED) is 0.221. The number of aliphatic imine (C=N–C) groups is 1. The van der Waals surface area contributed by atoms with Crippen LogP contribution in [0.4, 0.5) is 5.82 Å². The highest BCUT2D eigenvalue weighted by atomic mass is 127. The van der Waals surface area contributed by atoms with Gasteiger partial charge in [-0.25, -0.2) is 4.98 Å². The molecule has 2 rings (SSSR count). The summed E-state index contributed by atoms with van der Waals surface area (Å²) in [5, 5.41) is 20.1. The molecule has 0 radical (unpaired) electrons. The van der Waals surface area contributed by atoms with Gasteiger partial charge in [0.05, 0.1) is 12.6 Å². The van der Waals surface area contributed by atoms with E-state index in [0.29, 0.717) is 40.5 Å². The molecule has 2 aromatic rings. The Bertz CT molecular complexity index is 847. The number of hydrogen-bond donors (Lipinski definition) is 4. The number of carbonyl (C=O) groups excluding carboxylic acids is 1. The van der Waals surface area contributed by atoms with E-state index in [4.69, 9.17) is 23.2 Å². The van der Waals surface area contributed by atoms with Crippen LogP contribution in [0.15, 0.2) is 41.4 Å². The highest BCUT2D eigenvalue weighted by Crippen LogP contribution is 2.23. The van der Waals surface area contributed by atoms with E-state index in [-0.39, 0.29) is 42.8 Å². The summed E-state index contributed by atoms with van der Waals surface area (Å²) in [4.78, 5) is 20.7. The average Bonchev–Trinajstić information content (AvgIpc) is 2.65. The van der Waals surface area contributed by atoms with Crippen molar-refractivity contribution in [2.75, 3.05) is 25.0 Å². The molecule has 0 aliphatic rings. The maximum Gasteiger partial charge on any atom is 0.227 e. The molecule has 1 atom stereocenters. The van der Waals surface area contributed by atoms with Crippen molar-refractivity contribution in [1.29, 1.82) is 0 Å². The number of nitrogens with one attached hydrogen (secondary N) is 3. The fourth-order valence-electron chi connectivity index (χ4n) is 2.50. The lowest BCUT2D eigenvalue weighted by molar-refractivity contribution is -0.116. The van der Waals surface area contributed by atoms with Gasteiger partial charge in [0.1, 0.15) is 5.82 Å². The molecule has 7 nitrogen and oxygen atoms in total. The number of nitrogens with zero attached hydrogens (tertiary/aromatic N) is 2. The molecule has 10 heteroatoms. The number of aryl methyl sites for hydroxylation is 1. The third-order valence-electron chi connectivity index (χ3n) is 3.84. The first-order valence-electron chi connectivity index (χ1n) is 9.27. The SMILES string of the molecule is CCNC(=NCC(O)c1cc(Cl)cc(Cl)c1)NCCC(=O)Nc1cccc(C)n1.I. The Morgan fingerprint density at radius 3 is 2.53 bits per heavy atom. The minimum atomic E-state index is -0.850. The van der Waals surface area contributed by atoms with Crippen LogP contribution in [0.3, 0.4) is 0 Å². The normalized spacial score (nSPS) is 12.0. The van der Waals surface area contributed by atoms with E-state index in [1.807, 2.05) is 26.0 Å². The predicted octanol–water partition coefficient (Wildman–Crippen LogP) is 3.93. The van der Waals surface area contributed by atoms with Crippen LogP contribution in [-0.4, -0.2) is 41.6 Å². The number of aromatic nitrogens is 1. The number of anilines is 1. The number of benzene rings is 1.